The summed E-state index contributed by atoms with van der Waals surface area (Å²) < 4.78 is 0. The van der Waals surface area contributed by atoms with Crippen LogP contribution in [0.2, 0.25) is 0 Å². The summed E-state index contributed by atoms with van der Waals surface area (Å²) in [4.78, 5) is 20.2. The van der Waals surface area contributed by atoms with Crippen LogP contribution in [-0.2, 0) is 0 Å². The van der Waals surface area contributed by atoms with Crippen molar-refractivity contribution in [3.05, 3.63) is 89.9 Å². The van der Waals surface area contributed by atoms with Crippen molar-refractivity contribution < 1.29 is 4.79 Å². The Kier molecular flexibility index (Phi) is 4.49. The molecule has 5 nitrogen and oxygen atoms in total. The molecule has 132 valence electrons. The molecule has 0 spiro atoms. The number of hydrogen-bond acceptors (Lipinski definition) is 3. The number of benzene rings is 2. The van der Waals surface area contributed by atoms with Gasteiger partial charge >= 0.3 is 0 Å². The number of H-pyrrole nitrogens is 1. The SMILES string of the molecule is Cc1ccc2[nH]c(C(=O)NN=Cc3ccccn3)c(-c3ccccc3)c2c1. The number of nitrogens with one attached hydrogen (secondary N) is 2. The molecule has 27 heavy (non-hydrogen) atoms. The monoisotopic (exact) mass is 354 g/mol. The van der Waals surface area contributed by atoms with Gasteiger partial charge in [-0.05, 0) is 36.8 Å². The molecule has 0 radical (unpaired) electrons. The van der Waals surface area contributed by atoms with Gasteiger partial charge < -0.3 is 4.98 Å². The minimum Gasteiger partial charge on any atom is -0.350 e. The number of nitrogens with zero attached hydrogens (tertiary/aromatic N) is 2. The molecule has 0 aliphatic rings. The van der Waals surface area contributed by atoms with Gasteiger partial charge in [0.1, 0.15) is 5.69 Å². The summed E-state index contributed by atoms with van der Waals surface area (Å²) in [7, 11) is 0. The van der Waals surface area contributed by atoms with Crippen molar-refractivity contribution in [3.63, 3.8) is 0 Å². The van der Waals surface area contributed by atoms with Crippen LogP contribution >= 0.6 is 0 Å². The van der Waals surface area contributed by atoms with Gasteiger partial charge in [-0.3, -0.25) is 9.78 Å². The summed E-state index contributed by atoms with van der Waals surface area (Å²) in [6.07, 6.45) is 3.20. The van der Waals surface area contributed by atoms with E-state index in [1.165, 1.54) is 6.21 Å². The number of amides is 1. The van der Waals surface area contributed by atoms with Crippen molar-refractivity contribution in [2.24, 2.45) is 5.10 Å². The summed E-state index contributed by atoms with van der Waals surface area (Å²) in [6.45, 7) is 2.04. The second-order valence-electron chi connectivity index (χ2n) is 6.24. The molecule has 0 aliphatic heterocycles. The number of hydrazone groups is 1. The van der Waals surface area contributed by atoms with E-state index < -0.39 is 0 Å². The first kappa shape index (κ1) is 16.7. The van der Waals surface area contributed by atoms with Crippen molar-refractivity contribution in [2.45, 2.75) is 6.92 Å². The van der Waals surface area contributed by atoms with E-state index in [4.69, 9.17) is 0 Å². The number of carbonyl (C=O) groups excluding carboxylic acids is 1. The quantitative estimate of drug-likeness (QED) is 0.424. The van der Waals surface area contributed by atoms with Gasteiger partial charge in [0.05, 0.1) is 11.9 Å². The van der Waals surface area contributed by atoms with E-state index in [9.17, 15) is 4.79 Å². The van der Waals surface area contributed by atoms with Gasteiger partial charge in [-0.2, -0.15) is 5.10 Å². The van der Waals surface area contributed by atoms with Crippen molar-refractivity contribution >= 4 is 23.0 Å². The highest BCUT2D eigenvalue weighted by Gasteiger charge is 2.19. The highest BCUT2D eigenvalue weighted by Crippen LogP contribution is 2.33. The number of fused-ring (bicyclic) bond motifs is 1. The molecular formula is C22H18N4O. The maximum Gasteiger partial charge on any atom is 0.288 e. The number of hydrogen-bond donors (Lipinski definition) is 2. The lowest BCUT2D eigenvalue weighted by Gasteiger charge is -2.04. The lowest BCUT2D eigenvalue weighted by Crippen LogP contribution is -2.19. The zero-order chi connectivity index (χ0) is 18.6. The molecule has 0 saturated carbocycles. The fourth-order valence-corrected chi connectivity index (χ4v) is 3.05. The van der Waals surface area contributed by atoms with E-state index in [1.807, 2.05) is 67.6 Å². The Balaban J connectivity index is 1.72. The van der Waals surface area contributed by atoms with Crippen molar-refractivity contribution in [1.29, 1.82) is 0 Å². The van der Waals surface area contributed by atoms with E-state index in [-0.39, 0.29) is 5.91 Å². The fraction of sp³-hybridized carbons (Fsp3) is 0.0455. The zero-order valence-corrected chi connectivity index (χ0v) is 14.8. The Morgan fingerprint density at radius 2 is 1.89 bits per heavy atom. The molecule has 0 unspecified atom stereocenters. The second kappa shape index (κ2) is 7.25. The Labute approximate surface area is 156 Å². The number of aryl methyl sites for hydroxylation is 1. The van der Waals surface area contributed by atoms with Crippen LogP contribution in [0, 0.1) is 6.92 Å². The smallest absolute Gasteiger partial charge is 0.288 e. The summed E-state index contributed by atoms with van der Waals surface area (Å²) >= 11 is 0. The van der Waals surface area contributed by atoms with Crippen molar-refractivity contribution in [3.8, 4) is 11.1 Å². The average molecular weight is 354 g/mol. The van der Waals surface area contributed by atoms with E-state index in [0.29, 0.717) is 11.4 Å². The molecule has 0 atom stereocenters. The predicted octanol–water partition coefficient (Wildman–Crippen LogP) is 4.30. The van der Waals surface area contributed by atoms with Crippen LogP contribution in [0.15, 0.2) is 78.0 Å². The number of aromatic amines is 1. The molecule has 2 heterocycles. The molecule has 0 bridgehead atoms. The normalized spacial score (nSPS) is 11.1. The van der Waals surface area contributed by atoms with Crippen LogP contribution in [0.5, 0.6) is 0 Å². The van der Waals surface area contributed by atoms with Gasteiger partial charge in [0.25, 0.3) is 5.91 Å². The van der Waals surface area contributed by atoms with E-state index in [1.54, 1.807) is 6.20 Å². The third-order valence-electron chi connectivity index (χ3n) is 4.29. The first-order valence-electron chi connectivity index (χ1n) is 8.64. The maximum absolute atomic E-state index is 12.8. The van der Waals surface area contributed by atoms with Crippen LogP contribution in [0.4, 0.5) is 0 Å². The highest BCUT2D eigenvalue weighted by molar-refractivity contribution is 6.09. The van der Waals surface area contributed by atoms with Gasteiger partial charge in [-0.1, -0.05) is 48.0 Å². The number of aromatic nitrogens is 2. The Morgan fingerprint density at radius 1 is 1.07 bits per heavy atom. The minimum absolute atomic E-state index is 0.296. The largest absolute Gasteiger partial charge is 0.350 e. The molecule has 5 heteroatoms. The molecule has 4 aromatic rings. The van der Waals surface area contributed by atoms with Crippen molar-refractivity contribution in [2.75, 3.05) is 0 Å². The van der Waals surface area contributed by atoms with Gasteiger partial charge in [-0.25, -0.2) is 5.43 Å². The van der Waals surface area contributed by atoms with Gasteiger partial charge in [0.2, 0.25) is 0 Å². The maximum atomic E-state index is 12.8. The number of rotatable bonds is 4. The molecule has 0 fully saturated rings. The third kappa shape index (κ3) is 3.48. The van der Waals surface area contributed by atoms with Gasteiger partial charge in [0.15, 0.2) is 0 Å². The topological polar surface area (TPSA) is 70.1 Å². The first-order valence-corrected chi connectivity index (χ1v) is 8.64. The van der Waals surface area contributed by atoms with E-state index in [0.717, 1.165) is 27.6 Å². The molecule has 2 aromatic heterocycles. The van der Waals surface area contributed by atoms with Gasteiger partial charge in [0, 0.05) is 22.7 Å². The Bertz CT molecular complexity index is 1120. The van der Waals surface area contributed by atoms with Crippen LogP contribution in [0.1, 0.15) is 21.7 Å². The Hall–Kier alpha value is -3.73. The predicted molar refractivity (Wildman–Crippen MR) is 108 cm³/mol. The minimum atomic E-state index is -0.296. The first-order chi connectivity index (χ1) is 13.2. The molecular weight excluding hydrogens is 336 g/mol. The van der Waals surface area contributed by atoms with Crippen LogP contribution in [0.25, 0.3) is 22.0 Å². The fourth-order valence-electron chi connectivity index (χ4n) is 3.05. The molecule has 2 aromatic carbocycles. The lowest BCUT2D eigenvalue weighted by molar-refractivity contribution is 0.0951. The summed E-state index contributed by atoms with van der Waals surface area (Å²) in [5, 5.41) is 5.05. The average Bonchev–Trinajstić information content (AvgIpc) is 3.08. The third-order valence-corrected chi connectivity index (χ3v) is 4.29. The number of pyridine rings is 1. The molecule has 1 amide bonds. The Morgan fingerprint density at radius 3 is 2.67 bits per heavy atom. The summed E-state index contributed by atoms with van der Waals surface area (Å²) in [5.74, 6) is -0.296. The highest BCUT2D eigenvalue weighted by atomic mass is 16.2. The standard InChI is InChI=1S/C22H18N4O/c1-15-10-11-19-18(13-15)20(16-7-3-2-4-8-16)21(25-19)22(27)26-24-14-17-9-5-6-12-23-17/h2-14,25H,1H3,(H,26,27). The molecule has 4 rings (SSSR count). The van der Waals surface area contributed by atoms with E-state index in [2.05, 4.69) is 26.6 Å². The second-order valence-corrected chi connectivity index (χ2v) is 6.24. The van der Waals surface area contributed by atoms with Crippen LogP contribution in [0.3, 0.4) is 0 Å². The number of carbonyl (C=O) groups is 1. The molecule has 0 aliphatic carbocycles. The zero-order valence-electron chi connectivity index (χ0n) is 14.8. The summed E-state index contributed by atoms with van der Waals surface area (Å²) in [5.41, 5.74) is 7.66. The molecule has 0 saturated heterocycles. The van der Waals surface area contributed by atoms with Crippen LogP contribution in [-0.4, -0.2) is 22.1 Å². The van der Waals surface area contributed by atoms with Crippen molar-refractivity contribution in [1.82, 2.24) is 15.4 Å². The molecule has 2 N–H and O–H groups in total. The summed E-state index contributed by atoms with van der Waals surface area (Å²) in [6, 6.07) is 21.5. The lowest BCUT2D eigenvalue weighted by atomic mass is 10.0. The van der Waals surface area contributed by atoms with E-state index >= 15 is 0 Å². The van der Waals surface area contributed by atoms with Crippen LogP contribution < -0.4 is 5.43 Å². The van der Waals surface area contributed by atoms with Gasteiger partial charge in [-0.15, -0.1) is 0 Å².